The van der Waals surface area contributed by atoms with Gasteiger partial charge in [0.1, 0.15) is 6.61 Å². The van der Waals surface area contributed by atoms with Crippen LogP contribution in [0.2, 0.25) is 0 Å². The molecule has 5 rings (SSSR count). The number of alkyl carbamates (subject to hydrolysis) is 1. The van der Waals surface area contributed by atoms with Crippen molar-refractivity contribution in [3.8, 4) is 11.1 Å². The minimum absolute atomic E-state index is 0.0507. The van der Waals surface area contributed by atoms with Gasteiger partial charge >= 0.3 is 12.1 Å². The Morgan fingerprint density at radius 3 is 2.31 bits per heavy atom. The molecule has 0 saturated carbocycles. The predicted molar refractivity (Wildman–Crippen MR) is 128 cm³/mol. The van der Waals surface area contributed by atoms with Crippen LogP contribution in [-0.2, 0) is 19.1 Å². The molecule has 8 nitrogen and oxygen atoms in total. The fourth-order valence-electron chi connectivity index (χ4n) is 5.56. The number of carbonyl (C=O) groups is 3. The summed E-state index contributed by atoms with van der Waals surface area (Å²) < 4.78 is 11.1. The highest BCUT2D eigenvalue weighted by Crippen LogP contribution is 2.44. The monoisotopic (exact) mass is 478 g/mol. The molecule has 4 atom stereocenters. The highest BCUT2D eigenvalue weighted by Gasteiger charge is 2.50. The molecule has 1 aliphatic carbocycles. The number of aliphatic carboxylic acids is 1. The number of hydrogen-bond acceptors (Lipinski definition) is 5. The fourth-order valence-corrected chi connectivity index (χ4v) is 5.56. The number of fused-ring (bicyclic) bond motifs is 3. The van der Waals surface area contributed by atoms with E-state index in [1.54, 1.807) is 11.8 Å². The molecule has 0 bridgehead atoms. The summed E-state index contributed by atoms with van der Waals surface area (Å²) in [6, 6.07) is 15.7. The molecular weight excluding hydrogens is 448 g/mol. The lowest BCUT2D eigenvalue weighted by molar-refractivity contribution is -0.149. The van der Waals surface area contributed by atoms with Gasteiger partial charge in [-0.25, -0.2) is 4.79 Å². The van der Waals surface area contributed by atoms with Gasteiger partial charge < -0.3 is 24.8 Å². The molecule has 2 saturated heterocycles. The molecule has 3 aliphatic rings. The molecule has 2 heterocycles. The number of likely N-dealkylation sites (tertiary alicyclic amines) is 1. The summed E-state index contributed by atoms with van der Waals surface area (Å²) in [6.45, 7) is 4.62. The molecule has 0 spiro atoms. The first-order valence-electron chi connectivity index (χ1n) is 12.0. The number of carboxylic acid groups (broad SMARTS) is 1. The standard InChI is InChI=1S/C27H30N2O6/c1-16-11-29(15-27(16,2)25(31)32)24(30)22-12-34-14-23(22)28-26(33)35-13-21-19-9-5-3-7-17(19)18-8-4-6-10-20(18)21/h3-10,16,21-23H,11-15H2,1-2H3,(H,28,33)(H,31,32)/t16-,22?,23?,27-/m1/s1. The lowest BCUT2D eigenvalue weighted by atomic mass is 9.81. The van der Waals surface area contributed by atoms with Gasteiger partial charge in [-0.15, -0.1) is 0 Å². The van der Waals surface area contributed by atoms with E-state index in [0.717, 1.165) is 22.3 Å². The van der Waals surface area contributed by atoms with Crippen LogP contribution >= 0.6 is 0 Å². The third-order valence-electron chi connectivity index (χ3n) is 7.95. The Bertz CT molecular complexity index is 1120. The predicted octanol–water partition coefficient (Wildman–Crippen LogP) is 3.11. The number of ether oxygens (including phenoxy) is 2. The zero-order chi connectivity index (χ0) is 24.7. The number of amides is 2. The second-order valence-electron chi connectivity index (χ2n) is 10.1. The average molecular weight is 479 g/mol. The van der Waals surface area contributed by atoms with Crippen molar-refractivity contribution >= 4 is 18.0 Å². The van der Waals surface area contributed by atoms with Crippen LogP contribution in [0.5, 0.6) is 0 Å². The van der Waals surface area contributed by atoms with Crippen LogP contribution in [0.1, 0.15) is 30.9 Å². The largest absolute Gasteiger partial charge is 0.481 e. The average Bonchev–Trinajstić information content (AvgIpc) is 3.52. The number of nitrogens with zero attached hydrogens (tertiary/aromatic N) is 1. The van der Waals surface area contributed by atoms with Crippen molar-refractivity contribution < 1.29 is 29.0 Å². The number of carboxylic acids is 1. The molecule has 184 valence electrons. The van der Waals surface area contributed by atoms with Gasteiger partial charge in [-0.3, -0.25) is 9.59 Å². The Labute approximate surface area is 204 Å². The number of nitrogens with one attached hydrogen (secondary N) is 1. The number of benzene rings is 2. The normalized spacial score (nSPS) is 27.4. The molecule has 0 aromatic heterocycles. The van der Waals surface area contributed by atoms with E-state index in [1.165, 1.54) is 0 Å². The summed E-state index contributed by atoms with van der Waals surface area (Å²) in [4.78, 5) is 39.2. The molecule has 2 aromatic rings. The Morgan fingerprint density at radius 1 is 1.09 bits per heavy atom. The fraction of sp³-hybridized carbons (Fsp3) is 0.444. The Balaban J connectivity index is 1.21. The lowest BCUT2D eigenvalue weighted by Gasteiger charge is -2.25. The minimum Gasteiger partial charge on any atom is -0.481 e. The van der Waals surface area contributed by atoms with Crippen molar-refractivity contribution in [2.24, 2.45) is 17.3 Å². The van der Waals surface area contributed by atoms with Crippen LogP contribution in [0.4, 0.5) is 4.79 Å². The van der Waals surface area contributed by atoms with Crippen molar-refractivity contribution in [2.45, 2.75) is 25.8 Å². The van der Waals surface area contributed by atoms with Crippen LogP contribution in [0.25, 0.3) is 11.1 Å². The highest BCUT2D eigenvalue weighted by molar-refractivity contribution is 5.84. The van der Waals surface area contributed by atoms with Gasteiger partial charge in [0, 0.05) is 19.0 Å². The third-order valence-corrected chi connectivity index (χ3v) is 7.95. The van der Waals surface area contributed by atoms with Crippen molar-refractivity contribution in [1.82, 2.24) is 10.2 Å². The Hall–Kier alpha value is -3.39. The zero-order valence-electron chi connectivity index (χ0n) is 19.9. The molecule has 2 unspecified atom stereocenters. The van der Waals surface area contributed by atoms with Gasteiger partial charge in [-0.05, 0) is 35.1 Å². The molecule has 2 aromatic carbocycles. The van der Waals surface area contributed by atoms with Gasteiger partial charge in [0.15, 0.2) is 0 Å². The summed E-state index contributed by atoms with van der Waals surface area (Å²) in [6.07, 6.45) is -0.592. The summed E-state index contributed by atoms with van der Waals surface area (Å²) >= 11 is 0. The van der Waals surface area contributed by atoms with Crippen LogP contribution < -0.4 is 5.32 Å². The van der Waals surface area contributed by atoms with E-state index in [1.807, 2.05) is 31.2 Å². The van der Waals surface area contributed by atoms with Crippen molar-refractivity contribution in [2.75, 3.05) is 32.9 Å². The summed E-state index contributed by atoms with van der Waals surface area (Å²) in [5.41, 5.74) is 3.58. The second-order valence-corrected chi connectivity index (χ2v) is 10.1. The molecule has 2 N–H and O–H groups in total. The number of carbonyl (C=O) groups excluding carboxylic acids is 2. The quantitative estimate of drug-likeness (QED) is 0.684. The maximum absolute atomic E-state index is 13.2. The van der Waals surface area contributed by atoms with E-state index in [9.17, 15) is 19.5 Å². The van der Waals surface area contributed by atoms with Gasteiger partial charge in [-0.2, -0.15) is 0 Å². The van der Waals surface area contributed by atoms with Gasteiger partial charge in [0.2, 0.25) is 5.91 Å². The molecule has 0 radical (unpaired) electrons. The number of hydrogen-bond donors (Lipinski definition) is 2. The minimum atomic E-state index is -0.981. The molecule has 2 aliphatic heterocycles. The van der Waals surface area contributed by atoms with E-state index in [4.69, 9.17) is 9.47 Å². The summed E-state index contributed by atoms with van der Waals surface area (Å²) in [5.74, 6) is -1.89. The first kappa shape index (κ1) is 23.4. The van der Waals surface area contributed by atoms with Crippen LogP contribution in [0, 0.1) is 17.3 Å². The van der Waals surface area contributed by atoms with Crippen LogP contribution in [-0.4, -0.2) is 66.9 Å². The smallest absolute Gasteiger partial charge is 0.407 e. The van der Waals surface area contributed by atoms with E-state index in [2.05, 4.69) is 29.6 Å². The van der Waals surface area contributed by atoms with Crippen molar-refractivity contribution in [3.05, 3.63) is 59.7 Å². The van der Waals surface area contributed by atoms with Crippen LogP contribution in [0.15, 0.2) is 48.5 Å². The highest BCUT2D eigenvalue weighted by atomic mass is 16.5. The maximum Gasteiger partial charge on any atom is 0.407 e. The maximum atomic E-state index is 13.2. The van der Waals surface area contributed by atoms with E-state index >= 15 is 0 Å². The topological polar surface area (TPSA) is 105 Å². The van der Waals surface area contributed by atoms with Crippen molar-refractivity contribution in [1.29, 1.82) is 0 Å². The first-order valence-corrected chi connectivity index (χ1v) is 12.0. The lowest BCUT2D eigenvalue weighted by Crippen LogP contribution is -2.48. The van der Waals surface area contributed by atoms with Crippen molar-refractivity contribution in [3.63, 3.8) is 0 Å². The van der Waals surface area contributed by atoms with E-state index < -0.39 is 29.4 Å². The number of rotatable bonds is 5. The molecule has 35 heavy (non-hydrogen) atoms. The Kier molecular flexibility index (Phi) is 6.01. The first-order chi connectivity index (χ1) is 16.8. The molecule has 2 amide bonds. The van der Waals surface area contributed by atoms with Gasteiger partial charge in [0.05, 0.1) is 30.6 Å². The van der Waals surface area contributed by atoms with E-state index in [-0.39, 0.29) is 44.1 Å². The SMILES string of the molecule is C[C@@H]1CN(C(=O)C2COCC2NC(=O)OCC2c3ccccc3-c3ccccc32)C[C@@]1(C)C(=O)O. The Morgan fingerprint density at radius 2 is 1.71 bits per heavy atom. The third kappa shape index (κ3) is 4.05. The van der Waals surface area contributed by atoms with Gasteiger partial charge in [0.25, 0.3) is 0 Å². The van der Waals surface area contributed by atoms with E-state index in [0.29, 0.717) is 6.54 Å². The van der Waals surface area contributed by atoms with Gasteiger partial charge in [-0.1, -0.05) is 55.5 Å². The molecule has 2 fully saturated rings. The second kappa shape index (κ2) is 9.00. The summed E-state index contributed by atoms with van der Waals surface area (Å²) in [7, 11) is 0. The molecular formula is C27H30N2O6. The zero-order valence-corrected chi connectivity index (χ0v) is 19.9. The molecule has 8 heteroatoms. The van der Waals surface area contributed by atoms with Crippen LogP contribution in [0.3, 0.4) is 0 Å². The summed E-state index contributed by atoms with van der Waals surface area (Å²) in [5, 5.41) is 12.4.